The summed E-state index contributed by atoms with van der Waals surface area (Å²) in [6.07, 6.45) is 1.69. The number of aromatic hydroxyl groups is 6. The summed E-state index contributed by atoms with van der Waals surface area (Å²) >= 11 is 0. The standard InChI is InChI=1S/C17H18O7/c1-2-3-4-9-10(7-13(20)17(24)15(9)22)14(21)8-5-11(18)16(23)12(19)6-8/h5-7,18-20,22-24H,2-4H2,1H3. The molecule has 2 aromatic carbocycles. The van der Waals surface area contributed by atoms with Crippen LogP contribution in [0.1, 0.15) is 41.3 Å². The first-order valence-electron chi connectivity index (χ1n) is 7.34. The zero-order valence-corrected chi connectivity index (χ0v) is 12.9. The van der Waals surface area contributed by atoms with E-state index in [0.717, 1.165) is 24.6 Å². The third-order valence-electron chi connectivity index (χ3n) is 3.72. The molecule has 0 heterocycles. The molecule has 0 saturated carbocycles. The first-order chi connectivity index (χ1) is 11.3. The van der Waals surface area contributed by atoms with Gasteiger partial charge >= 0.3 is 0 Å². The SMILES string of the molecule is CCCCc1c(C(=O)c2cc(O)c(O)c(O)c2)cc(O)c(O)c1O. The van der Waals surface area contributed by atoms with Gasteiger partial charge in [-0.05, 0) is 31.0 Å². The lowest BCUT2D eigenvalue weighted by molar-refractivity contribution is 0.103. The molecule has 0 radical (unpaired) electrons. The predicted molar refractivity (Wildman–Crippen MR) is 84.9 cm³/mol. The Hall–Kier alpha value is -3.09. The van der Waals surface area contributed by atoms with Gasteiger partial charge in [0.25, 0.3) is 0 Å². The monoisotopic (exact) mass is 334 g/mol. The number of hydrogen-bond acceptors (Lipinski definition) is 7. The van der Waals surface area contributed by atoms with Crippen LogP contribution in [0.4, 0.5) is 0 Å². The molecule has 0 spiro atoms. The van der Waals surface area contributed by atoms with Crippen molar-refractivity contribution in [3.05, 3.63) is 34.9 Å². The van der Waals surface area contributed by atoms with Gasteiger partial charge in [-0.3, -0.25) is 4.79 Å². The van der Waals surface area contributed by atoms with E-state index < -0.39 is 40.3 Å². The zero-order valence-electron chi connectivity index (χ0n) is 12.9. The molecule has 128 valence electrons. The summed E-state index contributed by atoms with van der Waals surface area (Å²) in [5, 5.41) is 57.8. The van der Waals surface area contributed by atoms with Gasteiger partial charge < -0.3 is 30.6 Å². The van der Waals surface area contributed by atoms with E-state index in [9.17, 15) is 35.4 Å². The van der Waals surface area contributed by atoms with Gasteiger partial charge in [-0.25, -0.2) is 0 Å². The quantitative estimate of drug-likeness (QED) is 0.365. The summed E-state index contributed by atoms with van der Waals surface area (Å²) in [5.41, 5.74) is -0.0602. The maximum absolute atomic E-state index is 12.7. The van der Waals surface area contributed by atoms with Crippen LogP contribution >= 0.6 is 0 Å². The highest BCUT2D eigenvalue weighted by molar-refractivity contribution is 6.11. The van der Waals surface area contributed by atoms with E-state index in [-0.39, 0.29) is 23.1 Å². The van der Waals surface area contributed by atoms with Gasteiger partial charge in [-0.15, -0.1) is 0 Å². The Morgan fingerprint density at radius 1 is 0.833 bits per heavy atom. The van der Waals surface area contributed by atoms with Gasteiger partial charge in [0.1, 0.15) is 0 Å². The fraction of sp³-hybridized carbons (Fsp3) is 0.235. The molecule has 2 aromatic rings. The van der Waals surface area contributed by atoms with Crippen LogP contribution in [0.2, 0.25) is 0 Å². The Morgan fingerprint density at radius 3 is 1.92 bits per heavy atom. The molecule has 0 unspecified atom stereocenters. The number of phenols is 6. The fourth-order valence-corrected chi connectivity index (χ4v) is 2.38. The number of ketones is 1. The average molecular weight is 334 g/mol. The zero-order chi connectivity index (χ0) is 18.0. The van der Waals surface area contributed by atoms with E-state index >= 15 is 0 Å². The number of carbonyl (C=O) groups is 1. The van der Waals surface area contributed by atoms with E-state index in [1.807, 2.05) is 6.92 Å². The molecule has 24 heavy (non-hydrogen) atoms. The summed E-state index contributed by atoms with van der Waals surface area (Å²) in [7, 11) is 0. The predicted octanol–water partition coefficient (Wildman–Crippen LogP) is 2.49. The van der Waals surface area contributed by atoms with Crippen LogP contribution < -0.4 is 0 Å². The molecular weight excluding hydrogens is 316 g/mol. The first-order valence-corrected chi connectivity index (χ1v) is 7.34. The third kappa shape index (κ3) is 3.01. The summed E-state index contributed by atoms with van der Waals surface area (Å²) in [5.74, 6) is -4.77. The van der Waals surface area contributed by atoms with Crippen molar-refractivity contribution in [3.8, 4) is 34.5 Å². The number of hydrogen-bond donors (Lipinski definition) is 6. The van der Waals surface area contributed by atoms with Crippen LogP contribution in [-0.4, -0.2) is 36.4 Å². The topological polar surface area (TPSA) is 138 Å². The summed E-state index contributed by atoms with van der Waals surface area (Å²) in [6, 6.07) is 2.94. The number of benzene rings is 2. The van der Waals surface area contributed by atoms with Crippen molar-refractivity contribution in [3.63, 3.8) is 0 Å². The van der Waals surface area contributed by atoms with E-state index in [0.29, 0.717) is 6.42 Å². The molecule has 6 N–H and O–H groups in total. The minimum Gasteiger partial charge on any atom is -0.504 e. The molecule has 0 aliphatic rings. The van der Waals surface area contributed by atoms with E-state index in [1.54, 1.807) is 0 Å². The Morgan fingerprint density at radius 2 is 1.38 bits per heavy atom. The number of phenolic OH excluding ortho intramolecular Hbond substituents is 6. The lowest BCUT2D eigenvalue weighted by Crippen LogP contribution is -2.06. The first kappa shape index (κ1) is 17.3. The van der Waals surface area contributed by atoms with Crippen LogP contribution in [0.3, 0.4) is 0 Å². The van der Waals surface area contributed by atoms with Gasteiger partial charge in [0, 0.05) is 16.7 Å². The second-order valence-electron chi connectivity index (χ2n) is 5.41. The Kier molecular flexibility index (Phi) is 4.73. The summed E-state index contributed by atoms with van der Waals surface area (Å²) in [6.45, 7) is 1.91. The maximum Gasteiger partial charge on any atom is 0.200 e. The van der Waals surface area contributed by atoms with E-state index in [4.69, 9.17) is 0 Å². The number of carbonyl (C=O) groups excluding carboxylic acids is 1. The molecule has 0 fully saturated rings. The molecule has 7 nitrogen and oxygen atoms in total. The normalized spacial score (nSPS) is 10.7. The van der Waals surface area contributed by atoms with Gasteiger partial charge in [-0.1, -0.05) is 13.3 Å². The smallest absolute Gasteiger partial charge is 0.200 e. The van der Waals surface area contributed by atoms with E-state index in [1.165, 1.54) is 0 Å². The number of unbranched alkanes of at least 4 members (excludes halogenated alkanes) is 1. The van der Waals surface area contributed by atoms with Crippen LogP contribution in [-0.2, 0) is 6.42 Å². The van der Waals surface area contributed by atoms with E-state index in [2.05, 4.69) is 0 Å². The second-order valence-corrected chi connectivity index (χ2v) is 5.41. The molecule has 0 amide bonds. The van der Waals surface area contributed by atoms with Crippen molar-refractivity contribution in [2.45, 2.75) is 26.2 Å². The third-order valence-corrected chi connectivity index (χ3v) is 3.72. The Labute approximate surface area is 137 Å². The molecule has 0 aromatic heterocycles. The van der Waals surface area contributed by atoms with Crippen LogP contribution in [0.5, 0.6) is 34.5 Å². The maximum atomic E-state index is 12.7. The number of rotatable bonds is 5. The van der Waals surface area contributed by atoms with Gasteiger partial charge in [0.15, 0.2) is 34.5 Å². The minimum absolute atomic E-state index is 0.0688. The molecular formula is C17H18O7. The minimum atomic E-state index is -0.755. The highest BCUT2D eigenvalue weighted by Crippen LogP contribution is 2.42. The highest BCUT2D eigenvalue weighted by atomic mass is 16.3. The lowest BCUT2D eigenvalue weighted by Gasteiger charge is -2.14. The van der Waals surface area contributed by atoms with Crippen molar-refractivity contribution >= 4 is 5.78 Å². The van der Waals surface area contributed by atoms with Crippen molar-refractivity contribution in [1.29, 1.82) is 0 Å². The van der Waals surface area contributed by atoms with Gasteiger partial charge in [0.2, 0.25) is 5.75 Å². The largest absolute Gasteiger partial charge is 0.504 e. The summed E-state index contributed by atoms with van der Waals surface area (Å²) in [4.78, 5) is 12.7. The molecule has 0 saturated heterocycles. The molecule has 0 bridgehead atoms. The Bertz CT molecular complexity index is 773. The molecule has 0 atom stereocenters. The molecule has 2 rings (SSSR count). The lowest BCUT2D eigenvalue weighted by atomic mass is 9.93. The average Bonchev–Trinajstić information content (AvgIpc) is 2.55. The van der Waals surface area contributed by atoms with Crippen LogP contribution in [0, 0.1) is 0 Å². The second kappa shape index (κ2) is 6.57. The fourth-order valence-electron chi connectivity index (χ4n) is 2.38. The van der Waals surface area contributed by atoms with Crippen molar-refractivity contribution < 1.29 is 35.4 Å². The highest BCUT2D eigenvalue weighted by Gasteiger charge is 2.23. The van der Waals surface area contributed by atoms with Crippen molar-refractivity contribution in [2.24, 2.45) is 0 Å². The molecule has 0 aliphatic carbocycles. The van der Waals surface area contributed by atoms with Crippen LogP contribution in [0.25, 0.3) is 0 Å². The van der Waals surface area contributed by atoms with Crippen molar-refractivity contribution in [2.75, 3.05) is 0 Å². The van der Waals surface area contributed by atoms with Crippen molar-refractivity contribution in [1.82, 2.24) is 0 Å². The Balaban J connectivity index is 2.60. The molecule has 7 heteroatoms. The van der Waals surface area contributed by atoms with Crippen LogP contribution in [0.15, 0.2) is 18.2 Å². The van der Waals surface area contributed by atoms with Gasteiger partial charge in [0.05, 0.1) is 0 Å². The molecule has 0 aliphatic heterocycles. The van der Waals surface area contributed by atoms with Gasteiger partial charge in [-0.2, -0.15) is 0 Å². The summed E-state index contributed by atoms with van der Waals surface area (Å²) < 4.78 is 0.